The number of rotatable bonds is 7. The van der Waals surface area contributed by atoms with Gasteiger partial charge in [0, 0.05) is 23.1 Å². The fourth-order valence-electron chi connectivity index (χ4n) is 3.46. The molecule has 0 radical (unpaired) electrons. The molecule has 0 unspecified atom stereocenters. The summed E-state index contributed by atoms with van der Waals surface area (Å²) in [5, 5.41) is 12.3. The van der Waals surface area contributed by atoms with Crippen LogP contribution in [0.5, 0.6) is 5.75 Å². The van der Waals surface area contributed by atoms with Gasteiger partial charge < -0.3 is 14.6 Å². The number of benzene rings is 3. The monoisotopic (exact) mass is 466 g/mol. The average molecular weight is 466 g/mol. The van der Waals surface area contributed by atoms with Crippen molar-refractivity contribution in [2.75, 3.05) is 7.11 Å². The van der Waals surface area contributed by atoms with E-state index in [9.17, 15) is 14.7 Å². The summed E-state index contributed by atoms with van der Waals surface area (Å²) in [4.78, 5) is 25.9. The topological polar surface area (TPSA) is 92.2 Å². The maximum absolute atomic E-state index is 13.5. The number of ketones is 1. The largest absolute Gasteiger partial charge is 1.00 e. The molecule has 6 nitrogen and oxygen atoms in total. The molecule has 0 spiro atoms. The van der Waals surface area contributed by atoms with Crippen LogP contribution in [0.15, 0.2) is 72.3 Å². The van der Waals surface area contributed by atoms with Gasteiger partial charge in [0.25, 0.3) is 0 Å². The number of carbonyl (C=O) groups excluding carboxylic acids is 2. The fraction of sp³-hybridized carbons (Fsp3) is 0.120. The summed E-state index contributed by atoms with van der Waals surface area (Å²) < 4.78 is 13.5. The summed E-state index contributed by atoms with van der Waals surface area (Å²) in [6, 6.07) is 19.2. The number of carbonyl (C=O) groups is 2. The van der Waals surface area contributed by atoms with E-state index in [1.165, 1.54) is 7.11 Å². The maximum atomic E-state index is 13.5. The minimum atomic E-state index is -1.42. The molecular formula is C25H19N2NaO4S. The summed E-state index contributed by atoms with van der Waals surface area (Å²) in [7, 11) is 1.54. The number of methoxy groups -OCH3 is 1. The number of hydrogen-bond donors (Lipinski definition) is 0. The predicted molar refractivity (Wildman–Crippen MR) is 122 cm³/mol. The third kappa shape index (κ3) is 5.57. The zero-order valence-electron chi connectivity index (χ0n) is 18.5. The van der Waals surface area contributed by atoms with E-state index in [2.05, 4.69) is 8.75 Å². The van der Waals surface area contributed by atoms with Crippen molar-refractivity contribution in [3.63, 3.8) is 0 Å². The van der Waals surface area contributed by atoms with Crippen LogP contribution in [0.1, 0.15) is 27.0 Å². The molecular weight excluding hydrogens is 447 g/mol. The summed E-state index contributed by atoms with van der Waals surface area (Å²) in [5.74, 6) is -1.20. The first-order chi connectivity index (χ1) is 15.5. The number of ether oxygens (including phenoxy) is 1. The van der Waals surface area contributed by atoms with Gasteiger partial charge in [0.2, 0.25) is 0 Å². The number of carboxylic acid groups (broad SMARTS) is 1. The number of aliphatic carboxylic acids is 1. The van der Waals surface area contributed by atoms with Crippen LogP contribution in [0, 0.1) is 6.92 Å². The van der Waals surface area contributed by atoms with Crippen LogP contribution >= 0.6 is 11.7 Å². The minimum Gasteiger partial charge on any atom is -0.545 e. The second-order valence-electron chi connectivity index (χ2n) is 7.33. The molecule has 0 aliphatic rings. The smallest absolute Gasteiger partial charge is 0.545 e. The Kier molecular flexibility index (Phi) is 8.15. The van der Waals surface area contributed by atoms with E-state index in [1.54, 1.807) is 42.5 Å². The van der Waals surface area contributed by atoms with E-state index in [-0.39, 0.29) is 52.9 Å². The Balaban J connectivity index is 0.00000306. The van der Waals surface area contributed by atoms with Gasteiger partial charge >= 0.3 is 29.6 Å². The van der Waals surface area contributed by atoms with Crippen molar-refractivity contribution in [1.29, 1.82) is 0 Å². The van der Waals surface area contributed by atoms with Crippen molar-refractivity contribution in [3.8, 4) is 5.75 Å². The molecule has 4 aromatic rings. The van der Waals surface area contributed by atoms with Gasteiger partial charge in [-0.15, -0.1) is 0 Å². The van der Waals surface area contributed by atoms with Crippen molar-refractivity contribution >= 4 is 40.1 Å². The quantitative estimate of drug-likeness (QED) is 0.226. The maximum Gasteiger partial charge on any atom is 1.00 e. The van der Waals surface area contributed by atoms with Crippen molar-refractivity contribution < 1.29 is 49.0 Å². The number of fused-ring (bicyclic) bond motifs is 1. The molecule has 0 saturated heterocycles. The molecule has 0 N–H and O–H groups in total. The van der Waals surface area contributed by atoms with Crippen LogP contribution in [0.25, 0.3) is 16.6 Å². The average Bonchev–Trinajstić information content (AvgIpc) is 3.27. The number of aromatic nitrogens is 2. The van der Waals surface area contributed by atoms with Gasteiger partial charge in [0.05, 0.1) is 24.8 Å². The van der Waals surface area contributed by atoms with Crippen LogP contribution in [0.2, 0.25) is 0 Å². The molecule has 0 saturated carbocycles. The zero-order valence-corrected chi connectivity index (χ0v) is 21.3. The number of allylic oxidation sites excluding steroid dienone is 1. The fourth-order valence-corrected chi connectivity index (χ4v) is 3.98. The Morgan fingerprint density at radius 3 is 2.18 bits per heavy atom. The summed E-state index contributed by atoms with van der Waals surface area (Å²) >= 11 is 1.04. The molecule has 0 bridgehead atoms. The molecule has 0 aliphatic carbocycles. The van der Waals surface area contributed by atoms with E-state index in [0.29, 0.717) is 27.9 Å². The van der Waals surface area contributed by atoms with E-state index < -0.39 is 5.97 Å². The van der Waals surface area contributed by atoms with Gasteiger partial charge in [-0.25, -0.2) is 0 Å². The molecule has 0 fully saturated rings. The molecule has 160 valence electrons. The van der Waals surface area contributed by atoms with E-state index >= 15 is 0 Å². The second-order valence-corrected chi connectivity index (χ2v) is 7.86. The standard InChI is InChI=1S/C25H20N2O4S.Na/c1-15-3-5-16(6-4-15)13-20(24(28)17-7-10-19(31-2)11-8-17)23(25(29)30)18-9-12-21-22(14-18)27-32-26-21;/h3-12,14H,13H2,1-2H3,(H,29,30);/q;+1/p-1. The Bertz CT molecular complexity index is 1330. The Morgan fingerprint density at radius 1 is 0.909 bits per heavy atom. The first-order valence-electron chi connectivity index (χ1n) is 9.87. The minimum absolute atomic E-state index is 0. The summed E-state index contributed by atoms with van der Waals surface area (Å²) in [6.07, 6.45) is 0.141. The molecule has 0 aliphatic heterocycles. The van der Waals surface area contributed by atoms with Crippen LogP contribution in [0.4, 0.5) is 0 Å². The number of Topliss-reactive ketones (excluding diaryl/α,β-unsaturated/α-hetero) is 1. The van der Waals surface area contributed by atoms with Crippen LogP contribution in [-0.2, 0) is 11.2 Å². The zero-order chi connectivity index (χ0) is 22.7. The SMILES string of the molecule is COc1ccc(C(=O)C(Cc2ccc(C)cc2)=C(C(=O)[O-])c2ccc3nsnc3c2)cc1.[Na+]. The van der Waals surface area contributed by atoms with E-state index in [1.807, 2.05) is 31.2 Å². The van der Waals surface area contributed by atoms with Gasteiger partial charge in [-0.05, 0) is 54.4 Å². The molecule has 33 heavy (non-hydrogen) atoms. The molecule has 4 rings (SSSR count). The third-order valence-electron chi connectivity index (χ3n) is 5.18. The van der Waals surface area contributed by atoms with Crippen molar-refractivity contribution in [2.24, 2.45) is 0 Å². The van der Waals surface area contributed by atoms with Gasteiger partial charge in [0.15, 0.2) is 5.78 Å². The van der Waals surface area contributed by atoms with E-state index in [0.717, 1.165) is 22.9 Å². The van der Waals surface area contributed by atoms with Gasteiger partial charge in [-0.2, -0.15) is 8.75 Å². The predicted octanol–water partition coefficient (Wildman–Crippen LogP) is 0.641. The summed E-state index contributed by atoms with van der Waals surface area (Å²) in [6.45, 7) is 1.97. The number of aryl methyl sites for hydroxylation is 1. The molecule has 3 aromatic carbocycles. The Morgan fingerprint density at radius 2 is 1.55 bits per heavy atom. The third-order valence-corrected chi connectivity index (χ3v) is 5.73. The normalized spacial score (nSPS) is 11.5. The van der Waals surface area contributed by atoms with Gasteiger partial charge in [-0.3, -0.25) is 4.79 Å². The van der Waals surface area contributed by atoms with E-state index in [4.69, 9.17) is 4.74 Å². The number of carboxylic acids is 1. The molecule has 0 atom stereocenters. The Labute approximate surface area is 217 Å². The van der Waals surface area contributed by atoms with Crippen molar-refractivity contribution in [3.05, 3.63) is 94.6 Å². The molecule has 8 heteroatoms. The Hall–Kier alpha value is -2.84. The van der Waals surface area contributed by atoms with Crippen LogP contribution < -0.4 is 39.4 Å². The van der Waals surface area contributed by atoms with Crippen molar-refractivity contribution in [1.82, 2.24) is 8.75 Å². The molecule has 1 aromatic heterocycles. The van der Waals surface area contributed by atoms with Gasteiger partial charge in [0.1, 0.15) is 16.8 Å². The number of hydrogen-bond acceptors (Lipinski definition) is 7. The second kappa shape index (κ2) is 10.9. The van der Waals surface area contributed by atoms with Gasteiger partial charge in [-0.1, -0.05) is 35.9 Å². The first-order valence-corrected chi connectivity index (χ1v) is 10.6. The molecule has 0 amide bonds. The van der Waals surface area contributed by atoms with Crippen molar-refractivity contribution in [2.45, 2.75) is 13.3 Å². The first kappa shape index (κ1) is 24.8. The molecule has 1 heterocycles. The summed E-state index contributed by atoms with van der Waals surface area (Å²) in [5.41, 5.74) is 3.83. The number of nitrogens with zero attached hydrogens (tertiary/aromatic N) is 2. The van der Waals surface area contributed by atoms with Crippen LogP contribution in [0.3, 0.4) is 0 Å². The van der Waals surface area contributed by atoms with Crippen LogP contribution in [-0.4, -0.2) is 27.6 Å².